The molecule has 2 heterocycles. The van der Waals surface area contributed by atoms with E-state index in [4.69, 9.17) is 11.6 Å². The number of benzene rings is 1. The fraction of sp³-hybridized carbons (Fsp3) is 0.167. The molecule has 0 spiro atoms. The van der Waals surface area contributed by atoms with Crippen LogP contribution in [0.15, 0.2) is 41.7 Å². The minimum Gasteiger partial charge on any atom is -0.361 e. The lowest BCUT2D eigenvalue weighted by Gasteiger charge is -2.13. The van der Waals surface area contributed by atoms with Crippen molar-refractivity contribution in [1.29, 1.82) is 0 Å². The molecule has 0 saturated heterocycles. The molecule has 0 radical (unpaired) electrons. The highest BCUT2D eigenvalue weighted by atomic mass is 35.5. The zero-order chi connectivity index (χ0) is 13.5. The number of rotatable bonds is 2. The van der Waals surface area contributed by atoms with E-state index in [1.54, 1.807) is 18.2 Å². The van der Waals surface area contributed by atoms with Gasteiger partial charge in [-0.1, -0.05) is 29.8 Å². The van der Waals surface area contributed by atoms with Gasteiger partial charge in [0.05, 0.1) is 22.9 Å². The van der Waals surface area contributed by atoms with Crippen molar-refractivity contribution in [3.8, 4) is 0 Å². The van der Waals surface area contributed by atoms with E-state index in [0.29, 0.717) is 15.7 Å². The first-order chi connectivity index (χ1) is 9.08. The van der Waals surface area contributed by atoms with Gasteiger partial charge >= 0.3 is 0 Å². The Bertz CT molecular complexity index is 733. The first-order valence-corrected chi connectivity index (χ1v) is 7.65. The van der Waals surface area contributed by atoms with Crippen LogP contribution in [0.25, 0.3) is 0 Å². The summed E-state index contributed by atoms with van der Waals surface area (Å²) in [7, 11) is -3.24. The molecule has 98 valence electrons. The molecule has 7 heteroatoms. The number of nitrogens with one attached hydrogen (secondary N) is 1. The molecular formula is C12H10ClN3O2S. The van der Waals surface area contributed by atoms with E-state index >= 15 is 0 Å². The van der Waals surface area contributed by atoms with Crippen LogP contribution in [0, 0.1) is 0 Å². The molecule has 1 unspecified atom stereocenters. The maximum absolute atomic E-state index is 12.0. The minimum atomic E-state index is -3.24. The van der Waals surface area contributed by atoms with Gasteiger partial charge in [0.1, 0.15) is 17.2 Å². The number of anilines is 1. The van der Waals surface area contributed by atoms with Gasteiger partial charge in [-0.15, -0.1) is 0 Å². The monoisotopic (exact) mass is 295 g/mol. The molecule has 1 N–H and O–H groups in total. The molecule has 1 atom stereocenters. The zero-order valence-corrected chi connectivity index (χ0v) is 11.3. The van der Waals surface area contributed by atoms with Crippen molar-refractivity contribution in [2.75, 3.05) is 11.1 Å². The second-order valence-corrected chi connectivity index (χ2v) is 6.65. The number of fused-ring (bicyclic) bond motifs is 1. The lowest BCUT2D eigenvalue weighted by atomic mass is 10.1. The molecule has 3 rings (SSSR count). The minimum absolute atomic E-state index is 0.00663. The Morgan fingerprint density at radius 3 is 2.89 bits per heavy atom. The first kappa shape index (κ1) is 12.4. The van der Waals surface area contributed by atoms with Gasteiger partial charge in [-0.05, 0) is 11.6 Å². The van der Waals surface area contributed by atoms with E-state index in [1.807, 2.05) is 6.07 Å². The SMILES string of the molecule is O=S1(=O)CC(Nc2ncncc2Cl)c2ccccc21. The molecule has 2 aromatic rings. The van der Waals surface area contributed by atoms with Gasteiger partial charge < -0.3 is 5.32 Å². The summed E-state index contributed by atoms with van der Waals surface area (Å²) in [5, 5.41) is 3.42. The lowest BCUT2D eigenvalue weighted by Crippen LogP contribution is -2.14. The third kappa shape index (κ3) is 2.17. The molecule has 1 aliphatic heterocycles. The van der Waals surface area contributed by atoms with E-state index in [0.717, 1.165) is 5.56 Å². The number of sulfone groups is 1. The summed E-state index contributed by atoms with van der Waals surface area (Å²) in [5.74, 6) is 0.445. The van der Waals surface area contributed by atoms with Crippen molar-refractivity contribution < 1.29 is 8.42 Å². The Labute approximate surface area is 115 Å². The molecule has 19 heavy (non-hydrogen) atoms. The smallest absolute Gasteiger partial charge is 0.181 e. The predicted molar refractivity (Wildman–Crippen MR) is 71.9 cm³/mol. The standard InChI is InChI=1S/C12H10ClN3O2S/c13-9-5-14-7-15-12(9)16-10-6-19(17,18)11-4-2-1-3-8(10)11/h1-5,7,10H,6H2,(H,14,15,16). The van der Waals surface area contributed by atoms with Crippen molar-refractivity contribution in [3.63, 3.8) is 0 Å². The van der Waals surface area contributed by atoms with Crippen LogP contribution < -0.4 is 5.32 Å². The number of hydrogen-bond acceptors (Lipinski definition) is 5. The van der Waals surface area contributed by atoms with Crippen molar-refractivity contribution in [2.24, 2.45) is 0 Å². The van der Waals surface area contributed by atoms with Crippen molar-refractivity contribution in [1.82, 2.24) is 9.97 Å². The number of aromatic nitrogens is 2. The average molecular weight is 296 g/mol. The highest BCUT2D eigenvalue weighted by Crippen LogP contribution is 2.35. The van der Waals surface area contributed by atoms with E-state index < -0.39 is 9.84 Å². The summed E-state index contributed by atoms with van der Waals surface area (Å²) in [4.78, 5) is 8.18. The van der Waals surface area contributed by atoms with Gasteiger partial charge in [0.25, 0.3) is 0 Å². The lowest BCUT2D eigenvalue weighted by molar-refractivity contribution is 0.598. The number of hydrogen-bond donors (Lipinski definition) is 1. The second-order valence-electron chi connectivity index (χ2n) is 4.24. The second kappa shape index (κ2) is 4.47. The van der Waals surface area contributed by atoms with E-state index in [1.165, 1.54) is 12.5 Å². The van der Waals surface area contributed by atoms with Gasteiger partial charge in [0.2, 0.25) is 0 Å². The van der Waals surface area contributed by atoms with Crippen molar-refractivity contribution >= 4 is 27.3 Å². The molecule has 0 amide bonds. The Balaban J connectivity index is 1.99. The van der Waals surface area contributed by atoms with Crippen molar-refractivity contribution in [3.05, 3.63) is 47.4 Å². The Morgan fingerprint density at radius 2 is 2.11 bits per heavy atom. The van der Waals surface area contributed by atoms with E-state index in [9.17, 15) is 8.42 Å². The predicted octanol–water partition coefficient (Wildman–Crippen LogP) is 2.07. The van der Waals surface area contributed by atoms with Crippen LogP contribution in [-0.4, -0.2) is 24.1 Å². The Morgan fingerprint density at radius 1 is 1.32 bits per heavy atom. The van der Waals surface area contributed by atoms with Gasteiger partial charge in [-0.2, -0.15) is 0 Å². The average Bonchev–Trinajstić information content (AvgIpc) is 2.65. The maximum atomic E-state index is 12.0. The number of nitrogens with zero attached hydrogens (tertiary/aromatic N) is 2. The molecule has 5 nitrogen and oxygen atoms in total. The fourth-order valence-corrected chi connectivity index (χ4v) is 4.05. The molecular weight excluding hydrogens is 286 g/mol. The Kier molecular flexibility index (Phi) is 2.91. The molecule has 0 fully saturated rings. The molecule has 1 aromatic carbocycles. The van der Waals surface area contributed by atoms with Crippen LogP contribution in [0.1, 0.15) is 11.6 Å². The summed E-state index contributed by atoms with van der Waals surface area (Å²) in [6.45, 7) is 0. The molecule has 1 aliphatic rings. The van der Waals surface area contributed by atoms with Crippen LogP contribution in [0.2, 0.25) is 5.02 Å². The van der Waals surface area contributed by atoms with Gasteiger partial charge in [-0.25, -0.2) is 18.4 Å². The van der Waals surface area contributed by atoms with E-state index in [-0.39, 0.29) is 11.8 Å². The summed E-state index contributed by atoms with van der Waals surface area (Å²) in [5.41, 5.74) is 0.747. The third-order valence-corrected chi connectivity index (χ3v) is 5.08. The topological polar surface area (TPSA) is 72.0 Å². The quantitative estimate of drug-likeness (QED) is 0.918. The summed E-state index contributed by atoms with van der Waals surface area (Å²) in [6, 6.07) is 6.61. The molecule has 0 bridgehead atoms. The summed E-state index contributed by atoms with van der Waals surface area (Å²) in [6.07, 6.45) is 2.83. The Hall–Kier alpha value is -1.66. The van der Waals surface area contributed by atoms with Crippen molar-refractivity contribution in [2.45, 2.75) is 10.9 Å². The van der Waals surface area contributed by atoms with Gasteiger partial charge in [0, 0.05) is 0 Å². The fourth-order valence-electron chi connectivity index (χ4n) is 2.15. The van der Waals surface area contributed by atoms with Gasteiger partial charge in [0.15, 0.2) is 9.84 Å². The summed E-state index contributed by atoms with van der Waals surface area (Å²) < 4.78 is 24.1. The molecule has 0 saturated carbocycles. The van der Waals surface area contributed by atoms with Gasteiger partial charge in [-0.3, -0.25) is 0 Å². The first-order valence-electron chi connectivity index (χ1n) is 5.61. The third-order valence-electron chi connectivity index (χ3n) is 2.99. The highest BCUT2D eigenvalue weighted by Gasteiger charge is 2.34. The van der Waals surface area contributed by atoms with Crippen LogP contribution >= 0.6 is 11.6 Å². The summed E-state index contributed by atoms with van der Waals surface area (Å²) >= 11 is 5.96. The zero-order valence-electron chi connectivity index (χ0n) is 9.75. The molecule has 1 aromatic heterocycles. The highest BCUT2D eigenvalue weighted by molar-refractivity contribution is 7.91. The normalized spacial score (nSPS) is 19.9. The number of halogens is 1. The van der Waals surface area contributed by atoms with E-state index in [2.05, 4.69) is 15.3 Å². The maximum Gasteiger partial charge on any atom is 0.181 e. The van der Waals surface area contributed by atoms with Crippen LogP contribution in [0.4, 0.5) is 5.82 Å². The van der Waals surface area contributed by atoms with Crippen LogP contribution in [-0.2, 0) is 9.84 Å². The largest absolute Gasteiger partial charge is 0.361 e. The molecule has 0 aliphatic carbocycles. The van der Waals surface area contributed by atoms with Crippen LogP contribution in [0.5, 0.6) is 0 Å². The van der Waals surface area contributed by atoms with Crippen LogP contribution in [0.3, 0.4) is 0 Å².